The van der Waals surface area contributed by atoms with Crippen LogP contribution in [0.15, 0.2) is 60.8 Å². The van der Waals surface area contributed by atoms with Crippen molar-refractivity contribution in [1.29, 1.82) is 0 Å². The first kappa shape index (κ1) is 17.8. The summed E-state index contributed by atoms with van der Waals surface area (Å²) in [6.45, 7) is 1.54. The molecule has 5 heteroatoms. The first-order valence-corrected chi connectivity index (χ1v) is 8.83. The number of ketones is 1. The van der Waals surface area contributed by atoms with E-state index in [0.29, 0.717) is 34.1 Å². The number of carbonyl (C=O) groups excluding carboxylic acids is 1. The molecule has 0 saturated carbocycles. The first-order valence-electron chi connectivity index (χ1n) is 8.83. The Kier molecular flexibility index (Phi) is 4.57. The van der Waals surface area contributed by atoms with Gasteiger partial charge in [0.15, 0.2) is 17.3 Å². The molecule has 0 bridgehead atoms. The van der Waals surface area contributed by atoms with Crippen LogP contribution in [0.2, 0.25) is 0 Å². The predicted molar refractivity (Wildman–Crippen MR) is 109 cm³/mol. The van der Waals surface area contributed by atoms with Gasteiger partial charge >= 0.3 is 0 Å². The van der Waals surface area contributed by atoms with Gasteiger partial charge in [-0.3, -0.25) is 9.78 Å². The number of methoxy groups -OCH3 is 2. The van der Waals surface area contributed by atoms with Gasteiger partial charge in [-0.1, -0.05) is 30.3 Å². The molecule has 1 aromatic heterocycles. The Hall–Kier alpha value is -3.60. The molecule has 0 saturated heterocycles. The van der Waals surface area contributed by atoms with E-state index in [2.05, 4.69) is 4.98 Å². The van der Waals surface area contributed by atoms with Crippen LogP contribution in [0, 0.1) is 0 Å². The highest BCUT2D eigenvalue weighted by Gasteiger charge is 2.16. The monoisotopic (exact) mass is 373 g/mol. The van der Waals surface area contributed by atoms with Crippen LogP contribution in [0.3, 0.4) is 0 Å². The number of rotatable bonds is 5. The lowest BCUT2D eigenvalue weighted by molar-refractivity contribution is 0.101. The van der Waals surface area contributed by atoms with Crippen molar-refractivity contribution >= 4 is 27.5 Å². The minimum Gasteiger partial charge on any atom is -0.493 e. The molecule has 0 radical (unpaired) electrons. The van der Waals surface area contributed by atoms with Gasteiger partial charge in [-0.15, -0.1) is 0 Å². The Morgan fingerprint density at radius 3 is 2.36 bits per heavy atom. The van der Waals surface area contributed by atoms with Gasteiger partial charge in [0, 0.05) is 23.0 Å². The second-order valence-corrected chi connectivity index (χ2v) is 6.36. The minimum absolute atomic E-state index is 0.0571. The summed E-state index contributed by atoms with van der Waals surface area (Å²) in [5, 5.41) is 2.64. The fraction of sp³-hybridized carbons (Fsp3) is 0.130. The van der Waals surface area contributed by atoms with E-state index in [-0.39, 0.29) is 5.78 Å². The van der Waals surface area contributed by atoms with Crippen molar-refractivity contribution in [2.24, 2.45) is 0 Å². The van der Waals surface area contributed by atoms with Gasteiger partial charge in [0.1, 0.15) is 11.5 Å². The molecule has 140 valence electrons. The summed E-state index contributed by atoms with van der Waals surface area (Å²) in [5.74, 6) is 2.24. The maximum absolute atomic E-state index is 12.2. The third-order valence-electron chi connectivity index (χ3n) is 4.68. The number of benzene rings is 3. The van der Waals surface area contributed by atoms with Crippen molar-refractivity contribution in [3.8, 4) is 23.0 Å². The van der Waals surface area contributed by atoms with Gasteiger partial charge in [0.25, 0.3) is 0 Å². The van der Waals surface area contributed by atoms with Crippen LogP contribution in [0.1, 0.15) is 17.3 Å². The van der Waals surface area contributed by atoms with E-state index in [0.717, 1.165) is 16.2 Å². The van der Waals surface area contributed by atoms with Crippen LogP contribution in [-0.2, 0) is 0 Å². The molecular weight excluding hydrogens is 354 g/mol. The van der Waals surface area contributed by atoms with Gasteiger partial charge in [0.05, 0.1) is 25.3 Å². The highest BCUT2D eigenvalue weighted by atomic mass is 16.5. The number of hydrogen-bond donors (Lipinski definition) is 0. The van der Waals surface area contributed by atoms with Crippen molar-refractivity contribution in [2.45, 2.75) is 6.92 Å². The average Bonchev–Trinajstić information content (AvgIpc) is 2.72. The summed E-state index contributed by atoms with van der Waals surface area (Å²) >= 11 is 0. The highest BCUT2D eigenvalue weighted by Crippen LogP contribution is 2.39. The lowest BCUT2D eigenvalue weighted by Crippen LogP contribution is -1.99. The smallest absolute Gasteiger partial charge is 0.163 e. The molecule has 3 aromatic carbocycles. The zero-order valence-electron chi connectivity index (χ0n) is 15.9. The number of Topliss-reactive ketones (excluding diaryl/α,β-unsaturated/α-hetero) is 1. The summed E-state index contributed by atoms with van der Waals surface area (Å²) in [7, 11) is 3.17. The summed E-state index contributed by atoms with van der Waals surface area (Å²) in [4.78, 5) is 16.6. The number of hydrogen-bond acceptors (Lipinski definition) is 5. The highest BCUT2D eigenvalue weighted by molar-refractivity contribution is 6.04. The molecule has 0 unspecified atom stereocenters. The fourth-order valence-corrected chi connectivity index (χ4v) is 3.28. The quantitative estimate of drug-likeness (QED) is 0.438. The molecular formula is C23H19NO4. The molecule has 0 aliphatic heterocycles. The minimum atomic E-state index is -0.0571. The van der Waals surface area contributed by atoms with Gasteiger partial charge < -0.3 is 14.2 Å². The molecule has 5 nitrogen and oxygen atoms in total. The van der Waals surface area contributed by atoms with E-state index < -0.39 is 0 Å². The summed E-state index contributed by atoms with van der Waals surface area (Å²) in [5.41, 5.74) is 1.24. The maximum Gasteiger partial charge on any atom is 0.163 e. The van der Waals surface area contributed by atoms with Gasteiger partial charge in [0.2, 0.25) is 0 Å². The predicted octanol–water partition coefficient (Wildman–Crippen LogP) is 5.40. The van der Waals surface area contributed by atoms with Gasteiger partial charge in [-0.25, -0.2) is 0 Å². The number of pyridine rings is 1. The molecule has 4 aromatic rings. The number of ether oxygens (including phenoxy) is 3. The Labute approximate surface area is 162 Å². The molecule has 1 heterocycles. The number of aromatic nitrogens is 1. The second-order valence-electron chi connectivity index (χ2n) is 6.36. The zero-order valence-corrected chi connectivity index (χ0v) is 15.9. The first-order chi connectivity index (χ1) is 13.6. The lowest BCUT2D eigenvalue weighted by Gasteiger charge is -2.15. The summed E-state index contributed by atoms with van der Waals surface area (Å²) in [6, 6.07) is 17.0. The second kappa shape index (κ2) is 7.19. The van der Waals surface area contributed by atoms with E-state index in [9.17, 15) is 4.79 Å². The van der Waals surface area contributed by atoms with Crippen molar-refractivity contribution < 1.29 is 19.0 Å². The zero-order chi connectivity index (χ0) is 19.7. The molecule has 0 fully saturated rings. The molecule has 28 heavy (non-hydrogen) atoms. The Balaban J connectivity index is 1.93. The van der Waals surface area contributed by atoms with E-state index in [1.165, 1.54) is 6.92 Å². The third kappa shape index (κ3) is 3.01. The largest absolute Gasteiger partial charge is 0.493 e. The normalized spacial score (nSPS) is 10.8. The SMILES string of the molecule is COc1cc2nccc(Oc3c(C(C)=O)ccc4ccccc34)c2cc1OC. The van der Waals surface area contributed by atoms with Crippen molar-refractivity contribution in [2.75, 3.05) is 14.2 Å². The van der Waals surface area contributed by atoms with Crippen molar-refractivity contribution in [1.82, 2.24) is 4.98 Å². The van der Waals surface area contributed by atoms with Crippen molar-refractivity contribution in [3.05, 3.63) is 66.4 Å². The Morgan fingerprint density at radius 2 is 1.61 bits per heavy atom. The van der Waals surface area contributed by atoms with E-state index in [1.54, 1.807) is 38.6 Å². The van der Waals surface area contributed by atoms with E-state index in [4.69, 9.17) is 14.2 Å². The number of nitrogens with zero attached hydrogens (tertiary/aromatic N) is 1. The van der Waals surface area contributed by atoms with Crippen LogP contribution in [0.4, 0.5) is 0 Å². The van der Waals surface area contributed by atoms with Gasteiger partial charge in [-0.05, 0) is 30.5 Å². The average molecular weight is 373 g/mol. The molecule has 0 atom stereocenters. The molecule has 0 N–H and O–H groups in total. The topological polar surface area (TPSA) is 57.7 Å². The molecule has 4 rings (SSSR count). The Bertz CT molecular complexity index is 1200. The maximum atomic E-state index is 12.2. The van der Waals surface area contributed by atoms with Crippen molar-refractivity contribution in [3.63, 3.8) is 0 Å². The summed E-state index contributed by atoms with van der Waals surface area (Å²) < 4.78 is 17.1. The van der Waals surface area contributed by atoms with Crippen LogP contribution in [0.25, 0.3) is 21.7 Å². The molecule has 0 aliphatic rings. The molecule has 0 spiro atoms. The van der Waals surface area contributed by atoms with Crippen LogP contribution in [0.5, 0.6) is 23.0 Å². The van der Waals surface area contributed by atoms with Crippen LogP contribution in [-0.4, -0.2) is 25.0 Å². The number of fused-ring (bicyclic) bond motifs is 2. The molecule has 0 amide bonds. The lowest BCUT2D eigenvalue weighted by atomic mass is 10.0. The standard InChI is InChI=1S/C23H19NO4/c1-14(25)16-9-8-15-6-4-5-7-17(15)23(16)28-20-10-11-24-19-13-22(27-3)21(26-2)12-18(19)20/h4-13H,1-3H3. The van der Waals surface area contributed by atoms with Crippen LogP contribution >= 0.6 is 0 Å². The van der Waals surface area contributed by atoms with E-state index >= 15 is 0 Å². The summed E-state index contributed by atoms with van der Waals surface area (Å²) in [6.07, 6.45) is 1.67. The molecule has 0 aliphatic carbocycles. The third-order valence-corrected chi connectivity index (χ3v) is 4.68. The number of carbonyl (C=O) groups is 1. The fourth-order valence-electron chi connectivity index (χ4n) is 3.28. The van der Waals surface area contributed by atoms with Gasteiger partial charge in [-0.2, -0.15) is 0 Å². The van der Waals surface area contributed by atoms with Crippen LogP contribution < -0.4 is 14.2 Å². The Morgan fingerprint density at radius 1 is 0.857 bits per heavy atom. The van der Waals surface area contributed by atoms with E-state index in [1.807, 2.05) is 36.4 Å².